The van der Waals surface area contributed by atoms with E-state index in [1.54, 1.807) is 11.7 Å². The van der Waals surface area contributed by atoms with E-state index in [9.17, 15) is 9.59 Å². The molecule has 0 bridgehead atoms. The van der Waals surface area contributed by atoms with Gasteiger partial charge >= 0.3 is 0 Å². The zero-order valence-electron chi connectivity index (χ0n) is 20.1. The van der Waals surface area contributed by atoms with Gasteiger partial charge < -0.3 is 10.1 Å². The third kappa shape index (κ3) is 5.37. The summed E-state index contributed by atoms with van der Waals surface area (Å²) in [6.45, 7) is 5.98. The van der Waals surface area contributed by atoms with E-state index in [0.29, 0.717) is 12.0 Å². The summed E-state index contributed by atoms with van der Waals surface area (Å²) in [5.74, 6) is 0.586. The van der Waals surface area contributed by atoms with Crippen molar-refractivity contribution in [2.24, 2.45) is 0 Å². The third-order valence-corrected chi connectivity index (χ3v) is 5.97. The van der Waals surface area contributed by atoms with Crippen LogP contribution in [0.3, 0.4) is 0 Å². The normalized spacial score (nSPS) is 10.9. The van der Waals surface area contributed by atoms with Crippen LogP contribution in [0, 0.1) is 20.8 Å². The second-order valence-electron chi connectivity index (χ2n) is 8.90. The summed E-state index contributed by atoms with van der Waals surface area (Å²) in [6, 6.07) is 21.7. The lowest BCUT2D eigenvalue weighted by atomic mass is 10.0. The monoisotopic (exact) mass is 454 g/mol. The molecule has 5 nitrogen and oxygen atoms in total. The molecule has 3 aromatic carbocycles. The smallest absolute Gasteiger partial charge is 0.254 e. The number of benzene rings is 3. The number of aromatic nitrogens is 1. The summed E-state index contributed by atoms with van der Waals surface area (Å²) in [5.41, 5.74) is 6.48. The van der Waals surface area contributed by atoms with Crippen molar-refractivity contribution in [2.45, 2.75) is 40.2 Å². The number of methoxy groups -OCH3 is 1. The number of amides is 1. The first kappa shape index (κ1) is 23.3. The van der Waals surface area contributed by atoms with Crippen LogP contribution in [0.2, 0.25) is 0 Å². The van der Waals surface area contributed by atoms with Crippen LogP contribution in [0.5, 0.6) is 5.75 Å². The first-order chi connectivity index (χ1) is 16.3. The molecule has 4 aromatic rings. The predicted molar refractivity (Wildman–Crippen MR) is 138 cm³/mol. The largest absolute Gasteiger partial charge is 0.497 e. The molecule has 34 heavy (non-hydrogen) atoms. The van der Waals surface area contributed by atoms with Gasteiger partial charge in [0.2, 0.25) is 5.91 Å². The van der Waals surface area contributed by atoms with Crippen molar-refractivity contribution in [1.29, 1.82) is 0 Å². The summed E-state index contributed by atoms with van der Waals surface area (Å²) in [5, 5.41) is 3.91. The van der Waals surface area contributed by atoms with E-state index in [1.165, 1.54) is 0 Å². The van der Waals surface area contributed by atoms with E-state index < -0.39 is 0 Å². The van der Waals surface area contributed by atoms with Gasteiger partial charge in [-0.15, -0.1) is 0 Å². The van der Waals surface area contributed by atoms with Crippen molar-refractivity contribution in [3.63, 3.8) is 0 Å². The molecule has 4 rings (SSSR count). The van der Waals surface area contributed by atoms with Crippen molar-refractivity contribution in [2.75, 3.05) is 12.4 Å². The van der Waals surface area contributed by atoms with Crippen LogP contribution in [-0.2, 0) is 24.2 Å². The van der Waals surface area contributed by atoms with Crippen molar-refractivity contribution in [3.8, 4) is 5.75 Å². The average molecular weight is 455 g/mol. The molecule has 0 atom stereocenters. The van der Waals surface area contributed by atoms with Gasteiger partial charge in [-0.05, 0) is 98.2 Å². The molecule has 0 aliphatic heterocycles. The molecule has 1 amide bonds. The number of nitrogens with one attached hydrogen (secondary N) is 1. The minimum Gasteiger partial charge on any atom is -0.497 e. The lowest BCUT2D eigenvalue weighted by molar-refractivity contribution is -0.116. The Morgan fingerprint density at radius 2 is 1.56 bits per heavy atom. The molecule has 1 heterocycles. The topological polar surface area (TPSA) is 60.3 Å². The molecule has 5 heteroatoms. The van der Waals surface area contributed by atoms with E-state index in [0.717, 1.165) is 51.0 Å². The Bertz CT molecular complexity index is 1380. The number of rotatable bonds is 7. The lowest BCUT2D eigenvalue weighted by Crippen LogP contribution is -2.30. The number of carbonyl (C=O) groups excluding carboxylic acids is 1. The van der Waals surface area contributed by atoms with Gasteiger partial charge in [-0.3, -0.25) is 14.2 Å². The standard InChI is InChI=1S/C29H30N2O3/c1-19-5-12-27-24(14-19)17-23(9-6-22-7-10-26(34-4)11-8-22)29(33)31(27)18-28(32)30-25-15-20(2)13-21(3)16-25/h5,7-8,10-17H,6,9,18H2,1-4H3,(H,30,32). The number of anilines is 1. The zero-order valence-corrected chi connectivity index (χ0v) is 20.1. The fourth-order valence-electron chi connectivity index (χ4n) is 4.37. The van der Waals surface area contributed by atoms with Gasteiger partial charge in [-0.25, -0.2) is 0 Å². The highest BCUT2D eigenvalue weighted by atomic mass is 16.5. The van der Waals surface area contributed by atoms with Crippen LogP contribution in [0.15, 0.2) is 71.5 Å². The Labute approximate surface area is 200 Å². The summed E-state index contributed by atoms with van der Waals surface area (Å²) in [7, 11) is 1.64. The minimum absolute atomic E-state index is 0.0399. The minimum atomic E-state index is -0.221. The first-order valence-corrected chi connectivity index (χ1v) is 11.5. The van der Waals surface area contributed by atoms with Crippen LogP contribution >= 0.6 is 0 Å². The molecule has 0 saturated heterocycles. The summed E-state index contributed by atoms with van der Waals surface area (Å²) >= 11 is 0. The van der Waals surface area contributed by atoms with Crippen molar-refractivity contribution >= 4 is 22.5 Å². The first-order valence-electron chi connectivity index (χ1n) is 11.5. The Morgan fingerprint density at radius 3 is 2.24 bits per heavy atom. The van der Waals surface area contributed by atoms with E-state index in [4.69, 9.17) is 4.74 Å². The van der Waals surface area contributed by atoms with Crippen molar-refractivity contribution in [3.05, 3.63) is 105 Å². The summed E-state index contributed by atoms with van der Waals surface area (Å²) in [4.78, 5) is 26.4. The fraction of sp³-hybridized carbons (Fsp3) is 0.241. The molecule has 1 aromatic heterocycles. The van der Waals surface area contributed by atoms with E-state index in [2.05, 4.69) is 17.4 Å². The molecule has 1 N–H and O–H groups in total. The molecular weight excluding hydrogens is 424 g/mol. The van der Waals surface area contributed by atoms with Gasteiger partial charge in [0.25, 0.3) is 5.56 Å². The number of ether oxygens (including phenoxy) is 1. The highest BCUT2D eigenvalue weighted by Gasteiger charge is 2.14. The average Bonchev–Trinajstić information content (AvgIpc) is 2.79. The molecule has 0 aliphatic carbocycles. The van der Waals surface area contributed by atoms with Gasteiger partial charge in [-0.1, -0.05) is 29.8 Å². The zero-order chi connectivity index (χ0) is 24.2. The second-order valence-corrected chi connectivity index (χ2v) is 8.90. The van der Waals surface area contributed by atoms with Crippen molar-refractivity contribution < 1.29 is 9.53 Å². The highest BCUT2D eigenvalue weighted by Crippen LogP contribution is 2.19. The van der Waals surface area contributed by atoms with Crippen LogP contribution in [0.1, 0.15) is 27.8 Å². The lowest BCUT2D eigenvalue weighted by Gasteiger charge is -2.14. The number of carbonyl (C=O) groups is 1. The van der Waals surface area contributed by atoms with Crippen LogP contribution < -0.4 is 15.6 Å². The maximum Gasteiger partial charge on any atom is 0.254 e. The molecule has 0 unspecified atom stereocenters. The Hall–Kier alpha value is -3.86. The Morgan fingerprint density at radius 1 is 0.853 bits per heavy atom. The second kappa shape index (κ2) is 9.96. The molecule has 174 valence electrons. The number of fused-ring (bicyclic) bond motifs is 1. The van der Waals surface area contributed by atoms with Crippen molar-refractivity contribution in [1.82, 2.24) is 4.57 Å². The third-order valence-electron chi connectivity index (χ3n) is 5.97. The summed E-state index contributed by atoms with van der Waals surface area (Å²) in [6.07, 6.45) is 1.32. The molecule has 0 saturated carbocycles. The van der Waals surface area contributed by atoms with Crippen LogP contribution in [-0.4, -0.2) is 17.6 Å². The predicted octanol–water partition coefficient (Wildman–Crippen LogP) is 5.36. The molecular formula is C29H30N2O3. The molecule has 0 spiro atoms. The molecule has 0 fully saturated rings. The van der Waals surface area contributed by atoms with E-state index in [-0.39, 0.29) is 18.0 Å². The molecule has 0 aliphatic rings. The number of pyridine rings is 1. The highest BCUT2D eigenvalue weighted by molar-refractivity contribution is 5.92. The maximum absolute atomic E-state index is 13.4. The molecule has 0 radical (unpaired) electrons. The fourth-order valence-corrected chi connectivity index (χ4v) is 4.37. The van der Waals surface area contributed by atoms with Gasteiger partial charge in [0.1, 0.15) is 12.3 Å². The number of hydrogen-bond acceptors (Lipinski definition) is 3. The van der Waals surface area contributed by atoms with Gasteiger partial charge in [0.05, 0.1) is 12.6 Å². The van der Waals surface area contributed by atoms with E-state index in [1.807, 2.05) is 75.4 Å². The Kier molecular flexibility index (Phi) is 6.82. The quantitative estimate of drug-likeness (QED) is 0.409. The Balaban J connectivity index is 1.63. The van der Waals surface area contributed by atoms with Gasteiger partial charge in [0.15, 0.2) is 0 Å². The van der Waals surface area contributed by atoms with Crippen LogP contribution in [0.25, 0.3) is 10.9 Å². The number of aryl methyl sites for hydroxylation is 5. The van der Waals surface area contributed by atoms with Gasteiger partial charge in [-0.2, -0.15) is 0 Å². The summed E-state index contributed by atoms with van der Waals surface area (Å²) < 4.78 is 6.82. The van der Waals surface area contributed by atoms with Crippen LogP contribution in [0.4, 0.5) is 5.69 Å². The number of nitrogens with zero attached hydrogens (tertiary/aromatic N) is 1. The van der Waals surface area contributed by atoms with Gasteiger partial charge in [0, 0.05) is 11.3 Å². The van der Waals surface area contributed by atoms with E-state index >= 15 is 0 Å². The SMILES string of the molecule is COc1ccc(CCc2cc3cc(C)ccc3n(CC(=O)Nc3cc(C)cc(C)c3)c2=O)cc1. The number of hydrogen-bond donors (Lipinski definition) is 1. The maximum atomic E-state index is 13.4.